The standard InChI is InChI=1S/C15H32/c1-7-9-10-14(5)11-12-15(6,8-2)13(3)4/h13-14H,7-12H2,1-6H3. The first kappa shape index (κ1) is 15.0. The van der Waals surface area contributed by atoms with Crippen molar-refractivity contribution in [1.82, 2.24) is 0 Å². The molecule has 92 valence electrons. The Balaban J connectivity index is 3.89. The minimum absolute atomic E-state index is 0.570. The normalized spacial score (nSPS) is 17.8. The largest absolute Gasteiger partial charge is 0.0654 e. The molecular weight excluding hydrogens is 180 g/mol. The second kappa shape index (κ2) is 7.30. The first-order chi connectivity index (χ1) is 6.96. The van der Waals surface area contributed by atoms with Gasteiger partial charge in [0.05, 0.1) is 0 Å². The van der Waals surface area contributed by atoms with Crippen LogP contribution in [0.5, 0.6) is 0 Å². The molecule has 0 N–H and O–H groups in total. The summed E-state index contributed by atoms with van der Waals surface area (Å²) in [5, 5.41) is 0. The predicted octanol–water partition coefficient (Wildman–Crippen LogP) is 5.67. The number of hydrogen-bond acceptors (Lipinski definition) is 0. The van der Waals surface area contributed by atoms with E-state index in [1.54, 1.807) is 0 Å². The fourth-order valence-electron chi connectivity index (χ4n) is 2.15. The van der Waals surface area contributed by atoms with Crippen molar-refractivity contribution < 1.29 is 0 Å². The lowest BCUT2D eigenvalue weighted by atomic mass is 9.72. The van der Waals surface area contributed by atoms with Crippen LogP contribution in [-0.2, 0) is 0 Å². The zero-order chi connectivity index (χ0) is 11.9. The van der Waals surface area contributed by atoms with E-state index in [0.29, 0.717) is 5.41 Å². The van der Waals surface area contributed by atoms with Crippen molar-refractivity contribution in [3.63, 3.8) is 0 Å². The van der Waals surface area contributed by atoms with Gasteiger partial charge in [-0.25, -0.2) is 0 Å². The molecule has 0 aromatic heterocycles. The molecule has 0 saturated heterocycles. The van der Waals surface area contributed by atoms with Crippen molar-refractivity contribution in [3.05, 3.63) is 0 Å². The first-order valence-corrected chi connectivity index (χ1v) is 6.96. The topological polar surface area (TPSA) is 0 Å². The van der Waals surface area contributed by atoms with E-state index < -0.39 is 0 Å². The molecule has 0 aliphatic heterocycles. The van der Waals surface area contributed by atoms with E-state index in [1.165, 1.54) is 38.5 Å². The van der Waals surface area contributed by atoms with Gasteiger partial charge >= 0.3 is 0 Å². The second-order valence-corrected chi connectivity index (χ2v) is 5.95. The molecule has 0 fully saturated rings. The third-order valence-corrected chi connectivity index (χ3v) is 4.46. The fraction of sp³-hybridized carbons (Fsp3) is 1.00. The number of unbranched alkanes of at least 4 members (excludes halogenated alkanes) is 1. The molecule has 0 rings (SSSR count). The molecular formula is C15H32. The maximum atomic E-state index is 2.46. The van der Waals surface area contributed by atoms with E-state index in [1.807, 2.05) is 0 Å². The van der Waals surface area contributed by atoms with E-state index in [9.17, 15) is 0 Å². The van der Waals surface area contributed by atoms with Crippen molar-refractivity contribution >= 4 is 0 Å². The molecule has 0 aliphatic rings. The molecule has 0 aliphatic carbocycles. The van der Waals surface area contributed by atoms with Crippen LogP contribution < -0.4 is 0 Å². The monoisotopic (exact) mass is 212 g/mol. The van der Waals surface area contributed by atoms with Gasteiger partial charge in [0.15, 0.2) is 0 Å². The molecule has 0 aromatic carbocycles. The van der Waals surface area contributed by atoms with E-state index in [2.05, 4.69) is 41.5 Å². The van der Waals surface area contributed by atoms with Gasteiger partial charge < -0.3 is 0 Å². The number of hydrogen-bond donors (Lipinski definition) is 0. The predicted molar refractivity (Wildman–Crippen MR) is 71.2 cm³/mol. The van der Waals surface area contributed by atoms with Gasteiger partial charge in [-0.2, -0.15) is 0 Å². The summed E-state index contributed by atoms with van der Waals surface area (Å²) >= 11 is 0. The minimum Gasteiger partial charge on any atom is -0.0654 e. The van der Waals surface area contributed by atoms with Crippen LogP contribution >= 0.6 is 0 Å². The summed E-state index contributed by atoms with van der Waals surface area (Å²) in [7, 11) is 0. The molecule has 0 radical (unpaired) electrons. The Kier molecular flexibility index (Phi) is 7.30. The average molecular weight is 212 g/mol. The van der Waals surface area contributed by atoms with Gasteiger partial charge in [0, 0.05) is 0 Å². The molecule has 2 atom stereocenters. The number of rotatable bonds is 8. The summed E-state index contributed by atoms with van der Waals surface area (Å²) in [5.41, 5.74) is 0.570. The Hall–Kier alpha value is 0. The smallest absolute Gasteiger partial charge is 0.0305 e. The highest BCUT2D eigenvalue weighted by atomic mass is 14.3. The SMILES string of the molecule is CCCCC(C)CCC(C)(CC)C(C)C. The van der Waals surface area contributed by atoms with Crippen molar-refractivity contribution in [3.8, 4) is 0 Å². The maximum absolute atomic E-state index is 2.46. The minimum atomic E-state index is 0.570. The molecule has 15 heavy (non-hydrogen) atoms. The van der Waals surface area contributed by atoms with Crippen molar-refractivity contribution in [2.75, 3.05) is 0 Å². The molecule has 0 heterocycles. The van der Waals surface area contributed by atoms with Crippen LogP contribution in [0, 0.1) is 17.3 Å². The van der Waals surface area contributed by atoms with Crippen LogP contribution in [0.4, 0.5) is 0 Å². The van der Waals surface area contributed by atoms with E-state index in [-0.39, 0.29) is 0 Å². The molecule has 0 bridgehead atoms. The molecule has 0 saturated carbocycles. The molecule has 0 spiro atoms. The van der Waals surface area contributed by atoms with Gasteiger partial charge in [-0.05, 0) is 23.7 Å². The summed E-state index contributed by atoms with van der Waals surface area (Å²) in [5.74, 6) is 1.75. The van der Waals surface area contributed by atoms with Gasteiger partial charge in [-0.1, -0.05) is 73.6 Å². The quantitative estimate of drug-likeness (QED) is 0.486. The van der Waals surface area contributed by atoms with E-state index in [0.717, 1.165) is 11.8 Å². The Morgan fingerprint density at radius 1 is 1.00 bits per heavy atom. The van der Waals surface area contributed by atoms with Gasteiger partial charge in [0.1, 0.15) is 0 Å². The zero-order valence-electron chi connectivity index (χ0n) is 11.9. The lowest BCUT2D eigenvalue weighted by Gasteiger charge is -2.33. The van der Waals surface area contributed by atoms with Gasteiger partial charge in [-0.15, -0.1) is 0 Å². The lowest BCUT2D eigenvalue weighted by molar-refractivity contribution is 0.173. The van der Waals surface area contributed by atoms with Crippen molar-refractivity contribution in [2.24, 2.45) is 17.3 Å². The molecule has 0 heteroatoms. The first-order valence-electron chi connectivity index (χ1n) is 6.96. The fourth-order valence-corrected chi connectivity index (χ4v) is 2.15. The zero-order valence-corrected chi connectivity index (χ0v) is 11.9. The summed E-state index contributed by atoms with van der Waals surface area (Å²) < 4.78 is 0. The van der Waals surface area contributed by atoms with Crippen LogP contribution in [0.2, 0.25) is 0 Å². The van der Waals surface area contributed by atoms with Gasteiger partial charge in [0.2, 0.25) is 0 Å². The molecule has 2 unspecified atom stereocenters. The van der Waals surface area contributed by atoms with Crippen LogP contribution in [0.1, 0.15) is 80.1 Å². The Morgan fingerprint density at radius 2 is 1.60 bits per heavy atom. The van der Waals surface area contributed by atoms with Gasteiger partial charge in [0.25, 0.3) is 0 Å². The lowest BCUT2D eigenvalue weighted by Crippen LogP contribution is -2.23. The highest BCUT2D eigenvalue weighted by Gasteiger charge is 2.26. The van der Waals surface area contributed by atoms with Crippen molar-refractivity contribution in [1.29, 1.82) is 0 Å². The van der Waals surface area contributed by atoms with E-state index >= 15 is 0 Å². The highest BCUT2D eigenvalue weighted by molar-refractivity contribution is 4.76. The van der Waals surface area contributed by atoms with Crippen LogP contribution in [-0.4, -0.2) is 0 Å². The molecule has 0 amide bonds. The van der Waals surface area contributed by atoms with Crippen LogP contribution in [0.15, 0.2) is 0 Å². The average Bonchev–Trinajstić information content (AvgIpc) is 2.22. The maximum Gasteiger partial charge on any atom is -0.0305 e. The van der Waals surface area contributed by atoms with Crippen molar-refractivity contribution in [2.45, 2.75) is 80.1 Å². The third kappa shape index (κ3) is 5.58. The molecule has 0 nitrogen and oxygen atoms in total. The Morgan fingerprint density at radius 3 is 2.00 bits per heavy atom. The van der Waals surface area contributed by atoms with Gasteiger partial charge in [-0.3, -0.25) is 0 Å². The highest BCUT2D eigenvalue weighted by Crippen LogP contribution is 2.37. The third-order valence-electron chi connectivity index (χ3n) is 4.46. The summed E-state index contributed by atoms with van der Waals surface area (Å²) in [6.45, 7) is 14.3. The second-order valence-electron chi connectivity index (χ2n) is 5.95. The van der Waals surface area contributed by atoms with E-state index in [4.69, 9.17) is 0 Å². The van der Waals surface area contributed by atoms with Crippen LogP contribution in [0.3, 0.4) is 0 Å². The molecule has 0 aromatic rings. The summed E-state index contributed by atoms with van der Waals surface area (Å²) in [4.78, 5) is 0. The summed E-state index contributed by atoms with van der Waals surface area (Å²) in [6, 6.07) is 0. The van der Waals surface area contributed by atoms with Crippen LogP contribution in [0.25, 0.3) is 0 Å². The summed E-state index contributed by atoms with van der Waals surface area (Å²) in [6.07, 6.45) is 8.33. The Bertz CT molecular complexity index is 148. The Labute approximate surface area is 97.8 Å².